The molecule has 0 aliphatic rings. The van der Waals surface area contributed by atoms with Crippen molar-refractivity contribution in [2.75, 3.05) is 6.54 Å². The van der Waals surface area contributed by atoms with E-state index in [1.807, 2.05) is 0 Å². The number of hydrogen-bond donors (Lipinski definition) is 2. The summed E-state index contributed by atoms with van der Waals surface area (Å²) in [4.78, 5) is 11.3. The molecule has 0 heterocycles. The van der Waals surface area contributed by atoms with E-state index >= 15 is 0 Å². The monoisotopic (exact) mass is 258 g/mol. The summed E-state index contributed by atoms with van der Waals surface area (Å²) in [6, 6.07) is 0. The molecule has 4 nitrogen and oxygen atoms in total. The molecule has 18 heavy (non-hydrogen) atoms. The normalized spacial score (nSPS) is 12.4. The van der Waals surface area contributed by atoms with Crippen molar-refractivity contribution in [2.45, 2.75) is 77.4 Å². The van der Waals surface area contributed by atoms with Crippen LogP contribution in [0.2, 0.25) is 0 Å². The van der Waals surface area contributed by atoms with E-state index in [1.165, 1.54) is 44.9 Å². The lowest BCUT2D eigenvalue weighted by molar-refractivity contribution is -0.148. The highest BCUT2D eigenvalue weighted by atomic mass is 16.6. The van der Waals surface area contributed by atoms with Crippen LogP contribution in [-0.2, 0) is 9.53 Å². The fraction of sp³-hybridized carbons (Fsp3) is 0.929. The van der Waals surface area contributed by atoms with Gasteiger partial charge in [0.25, 0.3) is 0 Å². The molecule has 0 amide bonds. The Hall–Kier alpha value is -0.610. The predicted octanol–water partition coefficient (Wildman–Crippen LogP) is 2.69. The van der Waals surface area contributed by atoms with Crippen molar-refractivity contribution in [2.24, 2.45) is 11.5 Å². The van der Waals surface area contributed by atoms with Crippen LogP contribution < -0.4 is 11.5 Å². The lowest BCUT2D eigenvalue weighted by Gasteiger charge is -2.10. The summed E-state index contributed by atoms with van der Waals surface area (Å²) in [6.07, 6.45) is 11.0. The average molecular weight is 258 g/mol. The van der Waals surface area contributed by atoms with E-state index in [2.05, 4.69) is 6.92 Å². The molecular formula is C14H30N2O2. The molecule has 0 aliphatic carbocycles. The Balaban J connectivity index is 3.17. The van der Waals surface area contributed by atoms with Crippen LogP contribution in [0.25, 0.3) is 0 Å². The van der Waals surface area contributed by atoms with Crippen molar-refractivity contribution in [1.82, 2.24) is 0 Å². The standard InChI is InChI=1S/C14H30N2O2/c1-2-3-4-5-6-7-8-9-10-11-14(17)18-13(16)12-15/h13H,2-12,15-16H2,1H3. The van der Waals surface area contributed by atoms with Crippen molar-refractivity contribution in [3.05, 3.63) is 0 Å². The van der Waals surface area contributed by atoms with Gasteiger partial charge < -0.3 is 10.5 Å². The number of carbonyl (C=O) groups excluding carboxylic acids is 1. The molecule has 0 radical (unpaired) electrons. The third-order valence-corrected chi connectivity index (χ3v) is 3.00. The van der Waals surface area contributed by atoms with Gasteiger partial charge in [0, 0.05) is 13.0 Å². The molecule has 0 fully saturated rings. The summed E-state index contributed by atoms with van der Waals surface area (Å²) in [5.41, 5.74) is 10.7. The van der Waals surface area contributed by atoms with Gasteiger partial charge in [-0.05, 0) is 6.42 Å². The second-order valence-electron chi connectivity index (χ2n) is 4.84. The topological polar surface area (TPSA) is 78.3 Å². The molecule has 0 aromatic carbocycles. The first-order valence-electron chi connectivity index (χ1n) is 7.35. The average Bonchev–Trinajstić information content (AvgIpc) is 2.36. The fourth-order valence-electron chi connectivity index (χ4n) is 1.86. The third kappa shape index (κ3) is 11.9. The summed E-state index contributed by atoms with van der Waals surface area (Å²) in [6.45, 7) is 2.42. The van der Waals surface area contributed by atoms with Gasteiger partial charge in [-0.3, -0.25) is 10.5 Å². The lowest BCUT2D eigenvalue weighted by Crippen LogP contribution is -2.34. The second kappa shape index (κ2) is 12.8. The fourth-order valence-corrected chi connectivity index (χ4v) is 1.86. The zero-order valence-corrected chi connectivity index (χ0v) is 11.8. The first kappa shape index (κ1) is 17.4. The van der Waals surface area contributed by atoms with Crippen molar-refractivity contribution in [3.63, 3.8) is 0 Å². The highest BCUT2D eigenvalue weighted by molar-refractivity contribution is 5.69. The maximum atomic E-state index is 11.3. The van der Waals surface area contributed by atoms with Gasteiger partial charge in [-0.15, -0.1) is 0 Å². The maximum Gasteiger partial charge on any atom is 0.307 e. The predicted molar refractivity (Wildman–Crippen MR) is 75.0 cm³/mol. The summed E-state index contributed by atoms with van der Waals surface area (Å²) < 4.78 is 4.89. The quantitative estimate of drug-likeness (QED) is 0.320. The molecule has 0 saturated heterocycles. The van der Waals surface area contributed by atoms with E-state index in [4.69, 9.17) is 16.2 Å². The van der Waals surface area contributed by atoms with Crippen molar-refractivity contribution in [3.8, 4) is 0 Å². The zero-order chi connectivity index (χ0) is 13.6. The smallest absolute Gasteiger partial charge is 0.307 e. The van der Waals surface area contributed by atoms with Crippen LogP contribution in [-0.4, -0.2) is 18.7 Å². The van der Waals surface area contributed by atoms with Crippen LogP contribution in [0.3, 0.4) is 0 Å². The molecular weight excluding hydrogens is 228 g/mol. The van der Waals surface area contributed by atoms with Crippen molar-refractivity contribution >= 4 is 5.97 Å². The maximum absolute atomic E-state index is 11.3. The molecule has 4 N–H and O–H groups in total. The summed E-state index contributed by atoms with van der Waals surface area (Å²) in [7, 11) is 0. The molecule has 0 spiro atoms. The number of ether oxygens (including phenoxy) is 1. The van der Waals surface area contributed by atoms with Gasteiger partial charge in [0.2, 0.25) is 0 Å². The molecule has 0 aromatic rings. The molecule has 0 aliphatic heterocycles. The van der Waals surface area contributed by atoms with Crippen LogP contribution >= 0.6 is 0 Å². The van der Waals surface area contributed by atoms with Gasteiger partial charge in [-0.2, -0.15) is 0 Å². The Labute approximate surface area is 111 Å². The van der Waals surface area contributed by atoms with Crippen molar-refractivity contribution < 1.29 is 9.53 Å². The number of hydrogen-bond acceptors (Lipinski definition) is 4. The number of carbonyl (C=O) groups is 1. The SMILES string of the molecule is CCCCCCCCCCCC(=O)OC(N)CN. The first-order chi connectivity index (χ1) is 8.70. The Morgan fingerprint density at radius 1 is 1.00 bits per heavy atom. The van der Waals surface area contributed by atoms with E-state index in [-0.39, 0.29) is 12.5 Å². The highest BCUT2D eigenvalue weighted by Gasteiger charge is 2.07. The van der Waals surface area contributed by atoms with E-state index < -0.39 is 6.23 Å². The van der Waals surface area contributed by atoms with Gasteiger partial charge in [0.1, 0.15) is 0 Å². The lowest BCUT2D eigenvalue weighted by atomic mass is 10.1. The number of unbranched alkanes of at least 4 members (excludes halogenated alkanes) is 8. The second-order valence-corrected chi connectivity index (χ2v) is 4.84. The molecule has 0 bridgehead atoms. The zero-order valence-electron chi connectivity index (χ0n) is 11.8. The van der Waals surface area contributed by atoms with Crippen LogP contribution in [0.15, 0.2) is 0 Å². The Kier molecular flexibility index (Phi) is 12.4. The Bertz CT molecular complexity index is 198. The number of esters is 1. The van der Waals surface area contributed by atoms with Gasteiger partial charge in [-0.1, -0.05) is 58.3 Å². The first-order valence-corrected chi connectivity index (χ1v) is 7.35. The van der Waals surface area contributed by atoms with Gasteiger partial charge in [0.15, 0.2) is 6.23 Å². The Morgan fingerprint density at radius 3 is 2.00 bits per heavy atom. The van der Waals surface area contributed by atoms with E-state index in [9.17, 15) is 4.79 Å². The number of nitrogens with two attached hydrogens (primary N) is 2. The highest BCUT2D eigenvalue weighted by Crippen LogP contribution is 2.10. The molecule has 1 unspecified atom stereocenters. The van der Waals surface area contributed by atoms with Crippen LogP contribution in [0.1, 0.15) is 71.1 Å². The minimum atomic E-state index is -0.643. The molecule has 108 valence electrons. The van der Waals surface area contributed by atoms with Crippen molar-refractivity contribution in [1.29, 1.82) is 0 Å². The Morgan fingerprint density at radius 2 is 1.50 bits per heavy atom. The van der Waals surface area contributed by atoms with E-state index in [0.717, 1.165) is 12.8 Å². The molecule has 0 aromatic heterocycles. The van der Waals surface area contributed by atoms with E-state index in [0.29, 0.717) is 6.42 Å². The molecule has 1 atom stereocenters. The third-order valence-electron chi connectivity index (χ3n) is 3.00. The molecule has 4 heteroatoms. The van der Waals surface area contributed by atoms with E-state index in [1.54, 1.807) is 0 Å². The summed E-state index contributed by atoms with van der Waals surface area (Å²) in [5, 5.41) is 0. The summed E-state index contributed by atoms with van der Waals surface area (Å²) in [5.74, 6) is -0.226. The number of rotatable bonds is 12. The largest absolute Gasteiger partial charge is 0.445 e. The van der Waals surface area contributed by atoms with Gasteiger partial charge in [0.05, 0.1) is 0 Å². The minimum Gasteiger partial charge on any atom is -0.445 e. The van der Waals surface area contributed by atoms with Crippen LogP contribution in [0.5, 0.6) is 0 Å². The van der Waals surface area contributed by atoms with Gasteiger partial charge >= 0.3 is 5.97 Å². The van der Waals surface area contributed by atoms with Crippen LogP contribution in [0.4, 0.5) is 0 Å². The van der Waals surface area contributed by atoms with Crippen LogP contribution in [0, 0.1) is 0 Å². The minimum absolute atomic E-state index is 0.184. The van der Waals surface area contributed by atoms with Gasteiger partial charge in [-0.25, -0.2) is 0 Å². The summed E-state index contributed by atoms with van der Waals surface area (Å²) >= 11 is 0. The molecule has 0 saturated carbocycles. The molecule has 0 rings (SSSR count).